The van der Waals surface area contributed by atoms with E-state index in [1.165, 1.54) is 6.07 Å². The first-order valence-corrected chi connectivity index (χ1v) is 7.83. The highest BCUT2D eigenvalue weighted by molar-refractivity contribution is 6.23. The zero-order valence-electron chi connectivity index (χ0n) is 13.8. The molecule has 2 amide bonds. The van der Waals surface area contributed by atoms with Gasteiger partial charge in [0.2, 0.25) is 0 Å². The van der Waals surface area contributed by atoms with Crippen LogP contribution in [0.4, 0.5) is 5.69 Å². The van der Waals surface area contributed by atoms with Crippen molar-refractivity contribution in [1.82, 2.24) is 4.90 Å². The van der Waals surface area contributed by atoms with Gasteiger partial charge in [-0.3, -0.25) is 29.4 Å². The van der Waals surface area contributed by atoms with Crippen molar-refractivity contribution in [2.24, 2.45) is 0 Å². The normalized spacial score (nSPS) is 12.9. The Morgan fingerprint density at radius 2 is 1.73 bits per heavy atom. The number of non-ortho nitro benzene ring substituents is 1. The molecule has 0 fully saturated rings. The zero-order chi connectivity index (χ0) is 18.8. The van der Waals surface area contributed by atoms with Crippen LogP contribution in [0.3, 0.4) is 0 Å². The lowest BCUT2D eigenvalue weighted by Gasteiger charge is -2.13. The second-order valence-corrected chi connectivity index (χ2v) is 5.56. The molecule has 0 aliphatic carbocycles. The van der Waals surface area contributed by atoms with Gasteiger partial charge in [-0.25, -0.2) is 0 Å². The number of hydrogen-bond donors (Lipinski definition) is 0. The van der Waals surface area contributed by atoms with Crippen LogP contribution in [0.1, 0.15) is 38.0 Å². The first-order chi connectivity index (χ1) is 12.4. The van der Waals surface area contributed by atoms with Gasteiger partial charge in [-0.05, 0) is 37.3 Å². The monoisotopic (exact) mass is 354 g/mol. The Labute approximate surface area is 148 Å². The summed E-state index contributed by atoms with van der Waals surface area (Å²) in [7, 11) is 0. The molecular weight excluding hydrogens is 340 g/mol. The molecule has 0 spiro atoms. The Bertz CT molecular complexity index is 920. The molecule has 26 heavy (non-hydrogen) atoms. The van der Waals surface area contributed by atoms with Gasteiger partial charge in [0.05, 0.1) is 29.2 Å². The maximum absolute atomic E-state index is 12.4. The molecule has 8 heteroatoms. The Morgan fingerprint density at radius 3 is 2.35 bits per heavy atom. The van der Waals surface area contributed by atoms with Crippen LogP contribution in [0.25, 0.3) is 0 Å². The smallest absolute Gasteiger partial charge is 0.270 e. The summed E-state index contributed by atoms with van der Waals surface area (Å²) in [5, 5.41) is 10.8. The van der Waals surface area contributed by atoms with E-state index in [-0.39, 0.29) is 16.8 Å². The predicted octanol–water partition coefficient (Wildman–Crippen LogP) is 2.47. The number of Topliss-reactive ketones (excluding diaryl/α,β-unsaturated/α-hetero) is 1. The molecule has 3 rings (SSSR count). The van der Waals surface area contributed by atoms with E-state index >= 15 is 0 Å². The quantitative estimate of drug-likeness (QED) is 0.341. The number of ketones is 1. The number of carbonyl (C=O) groups is 3. The average molecular weight is 354 g/mol. The fourth-order valence-corrected chi connectivity index (χ4v) is 2.67. The zero-order valence-corrected chi connectivity index (χ0v) is 13.8. The van der Waals surface area contributed by atoms with Crippen LogP contribution in [-0.4, -0.2) is 40.6 Å². The summed E-state index contributed by atoms with van der Waals surface area (Å²) in [4.78, 5) is 48.1. The lowest BCUT2D eigenvalue weighted by atomic mass is 10.1. The highest BCUT2D eigenvalue weighted by Gasteiger charge is 2.37. The van der Waals surface area contributed by atoms with Crippen molar-refractivity contribution >= 4 is 23.3 Å². The summed E-state index contributed by atoms with van der Waals surface area (Å²) in [5.41, 5.74) is 0.0318. The van der Waals surface area contributed by atoms with Crippen LogP contribution in [0.5, 0.6) is 5.75 Å². The standard InChI is InChI=1S/C18H14N2O6/c1-2-26-13-6-3-11(4-7-13)16(21)10-19-17(22)14-8-5-12(20(24)25)9-15(14)18(19)23/h3-9H,2,10H2,1H3. The predicted molar refractivity (Wildman–Crippen MR) is 90.4 cm³/mol. The first kappa shape index (κ1) is 17.3. The minimum absolute atomic E-state index is 0.0556. The largest absolute Gasteiger partial charge is 0.494 e. The minimum atomic E-state index is -0.715. The highest BCUT2D eigenvalue weighted by atomic mass is 16.6. The number of rotatable bonds is 6. The van der Waals surface area contributed by atoms with Gasteiger partial charge in [0.25, 0.3) is 17.5 Å². The summed E-state index contributed by atoms with van der Waals surface area (Å²) in [6.07, 6.45) is 0. The van der Waals surface area contributed by atoms with E-state index in [0.29, 0.717) is 17.9 Å². The molecule has 0 saturated heterocycles. The third-order valence-corrected chi connectivity index (χ3v) is 3.95. The SMILES string of the molecule is CCOc1ccc(C(=O)CN2C(=O)c3ccc([N+](=O)[O-])cc3C2=O)cc1. The number of nitrogens with zero attached hydrogens (tertiary/aromatic N) is 2. The third-order valence-electron chi connectivity index (χ3n) is 3.95. The van der Waals surface area contributed by atoms with Gasteiger partial charge in [0, 0.05) is 17.7 Å². The lowest BCUT2D eigenvalue weighted by Crippen LogP contribution is -2.34. The average Bonchev–Trinajstić information content (AvgIpc) is 2.87. The molecule has 0 unspecified atom stereocenters. The molecule has 1 heterocycles. The maximum Gasteiger partial charge on any atom is 0.270 e. The van der Waals surface area contributed by atoms with Crippen molar-refractivity contribution < 1.29 is 24.0 Å². The molecule has 0 aromatic heterocycles. The van der Waals surface area contributed by atoms with Gasteiger partial charge < -0.3 is 4.74 Å². The van der Waals surface area contributed by atoms with Gasteiger partial charge in [0.15, 0.2) is 5.78 Å². The molecule has 0 saturated carbocycles. The molecular formula is C18H14N2O6. The molecule has 1 aliphatic rings. The molecule has 1 aliphatic heterocycles. The summed E-state index contributed by atoms with van der Waals surface area (Å²) in [6.45, 7) is 1.90. The van der Waals surface area contributed by atoms with E-state index in [2.05, 4.69) is 0 Å². The van der Waals surface area contributed by atoms with Gasteiger partial charge in [-0.15, -0.1) is 0 Å². The number of hydrogen-bond acceptors (Lipinski definition) is 6. The molecule has 0 bridgehead atoms. The van der Waals surface area contributed by atoms with Gasteiger partial charge in [-0.1, -0.05) is 0 Å². The Morgan fingerprint density at radius 1 is 1.08 bits per heavy atom. The summed E-state index contributed by atoms with van der Waals surface area (Å²) in [6, 6.07) is 9.80. The first-order valence-electron chi connectivity index (χ1n) is 7.83. The number of fused-ring (bicyclic) bond motifs is 1. The Hall–Kier alpha value is -3.55. The molecule has 0 N–H and O–H groups in total. The van der Waals surface area contributed by atoms with Crippen LogP contribution < -0.4 is 4.74 Å². The Kier molecular flexibility index (Phi) is 4.49. The number of benzene rings is 2. The van der Waals surface area contributed by atoms with Crippen LogP contribution in [0.2, 0.25) is 0 Å². The van der Waals surface area contributed by atoms with Gasteiger partial charge in [-0.2, -0.15) is 0 Å². The molecule has 0 atom stereocenters. The van der Waals surface area contributed by atoms with E-state index in [4.69, 9.17) is 4.74 Å². The van der Waals surface area contributed by atoms with Crippen LogP contribution in [-0.2, 0) is 0 Å². The van der Waals surface area contributed by atoms with Crippen molar-refractivity contribution in [1.29, 1.82) is 0 Å². The Balaban J connectivity index is 1.80. The lowest BCUT2D eigenvalue weighted by molar-refractivity contribution is -0.384. The van der Waals surface area contributed by atoms with E-state index < -0.39 is 29.1 Å². The maximum atomic E-state index is 12.4. The van der Waals surface area contributed by atoms with E-state index in [9.17, 15) is 24.5 Å². The van der Waals surface area contributed by atoms with Crippen LogP contribution in [0, 0.1) is 10.1 Å². The number of ether oxygens (including phenoxy) is 1. The van der Waals surface area contributed by atoms with Crippen molar-refractivity contribution in [3.63, 3.8) is 0 Å². The number of imide groups is 1. The van der Waals surface area contributed by atoms with Gasteiger partial charge in [0.1, 0.15) is 5.75 Å². The summed E-state index contributed by atoms with van der Waals surface area (Å²) in [5.74, 6) is -1.17. The highest BCUT2D eigenvalue weighted by Crippen LogP contribution is 2.27. The summed E-state index contributed by atoms with van der Waals surface area (Å²) >= 11 is 0. The number of nitro benzene ring substituents is 1. The topological polar surface area (TPSA) is 107 Å². The molecule has 0 radical (unpaired) electrons. The number of amides is 2. The van der Waals surface area contributed by atoms with E-state index in [1.807, 2.05) is 6.92 Å². The number of carbonyl (C=O) groups excluding carboxylic acids is 3. The van der Waals surface area contributed by atoms with Crippen LogP contribution >= 0.6 is 0 Å². The fourth-order valence-electron chi connectivity index (χ4n) is 2.67. The second-order valence-electron chi connectivity index (χ2n) is 5.56. The minimum Gasteiger partial charge on any atom is -0.494 e. The molecule has 2 aromatic rings. The van der Waals surface area contributed by atoms with Crippen LogP contribution in [0.15, 0.2) is 42.5 Å². The van der Waals surface area contributed by atoms with Gasteiger partial charge >= 0.3 is 0 Å². The molecule has 8 nitrogen and oxygen atoms in total. The van der Waals surface area contributed by atoms with Crippen molar-refractivity contribution in [2.75, 3.05) is 13.2 Å². The number of nitro groups is 1. The van der Waals surface area contributed by atoms with E-state index in [0.717, 1.165) is 17.0 Å². The molecule has 2 aromatic carbocycles. The summed E-state index contributed by atoms with van der Waals surface area (Å²) < 4.78 is 5.30. The second kappa shape index (κ2) is 6.75. The van der Waals surface area contributed by atoms with Crippen molar-refractivity contribution in [2.45, 2.75) is 6.92 Å². The third kappa shape index (κ3) is 3.04. The van der Waals surface area contributed by atoms with Crippen molar-refractivity contribution in [3.05, 3.63) is 69.3 Å². The van der Waals surface area contributed by atoms with E-state index in [1.54, 1.807) is 24.3 Å². The fraction of sp³-hybridized carbons (Fsp3) is 0.167. The van der Waals surface area contributed by atoms with Crippen molar-refractivity contribution in [3.8, 4) is 5.75 Å². The molecule has 132 valence electrons.